The van der Waals surface area contributed by atoms with Crippen molar-refractivity contribution in [3.05, 3.63) is 98.7 Å². The third-order valence-corrected chi connectivity index (χ3v) is 8.72. The van der Waals surface area contributed by atoms with Crippen LogP contribution < -0.4 is 9.64 Å². The number of benzene rings is 3. The van der Waals surface area contributed by atoms with Crippen LogP contribution in [0.25, 0.3) is 22.5 Å². The fourth-order valence-electron chi connectivity index (χ4n) is 5.76. The zero-order valence-corrected chi connectivity index (χ0v) is 24.2. The number of fused-ring (bicyclic) bond motifs is 1. The van der Waals surface area contributed by atoms with Crippen LogP contribution in [-0.4, -0.2) is 51.8 Å². The lowest BCUT2D eigenvalue weighted by Gasteiger charge is -2.19. The molecule has 9 nitrogen and oxygen atoms in total. The fraction of sp³-hybridized carbons (Fsp3) is 0.250. The standard InChI is InChI=1S/C32H30N4O5S/c1-21-18-24(22(2)35(21)25-12-13-27(28(20-25)36(39)40)33-14-5-6-15-33)19-30-31(37)34(32(38)42-30)16-17-41-29-11-7-9-23-8-3-4-10-26(23)29/h3-4,7-13,18-20H,5-6,14-17H2,1-2H3/b30-19-. The minimum atomic E-state index is -0.359. The molecule has 0 atom stereocenters. The highest BCUT2D eigenvalue weighted by molar-refractivity contribution is 8.18. The average Bonchev–Trinajstić information content (AvgIpc) is 3.68. The normalized spacial score (nSPS) is 16.3. The maximum Gasteiger partial charge on any atom is 0.294 e. The van der Waals surface area contributed by atoms with Gasteiger partial charge >= 0.3 is 0 Å². The number of ether oxygens (including phenoxy) is 1. The molecule has 3 heterocycles. The van der Waals surface area contributed by atoms with E-state index in [1.165, 1.54) is 4.90 Å². The summed E-state index contributed by atoms with van der Waals surface area (Å²) in [5.41, 5.74) is 3.86. The van der Waals surface area contributed by atoms with Crippen molar-refractivity contribution in [2.45, 2.75) is 26.7 Å². The number of imide groups is 1. The Hall–Kier alpha value is -4.57. The number of anilines is 1. The summed E-state index contributed by atoms with van der Waals surface area (Å²) >= 11 is 0.906. The number of hydrogen-bond acceptors (Lipinski definition) is 7. The van der Waals surface area contributed by atoms with Crippen molar-refractivity contribution >= 4 is 51.1 Å². The number of carbonyl (C=O) groups excluding carboxylic acids is 2. The van der Waals surface area contributed by atoms with Crippen molar-refractivity contribution in [3.63, 3.8) is 0 Å². The first-order valence-corrected chi connectivity index (χ1v) is 14.7. The molecule has 3 aromatic carbocycles. The van der Waals surface area contributed by atoms with E-state index in [2.05, 4.69) is 4.90 Å². The largest absolute Gasteiger partial charge is 0.491 e. The molecule has 1 aromatic heterocycles. The Morgan fingerprint density at radius 3 is 2.55 bits per heavy atom. The fourth-order valence-corrected chi connectivity index (χ4v) is 6.61. The summed E-state index contributed by atoms with van der Waals surface area (Å²) in [5, 5.41) is 13.6. The lowest BCUT2D eigenvalue weighted by molar-refractivity contribution is -0.384. The molecule has 2 aliphatic rings. The van der Waals surface area contributed by atoms with Gasteiger partial charge in [0, 0.05) is 35.9 Å². The molecule has 0 saturated carbocycles. The van der Waals surface area contributed by atoms with Crippen LogP contribution in [0.15, 0.2) is 71.6 Å². The van der Waals surface area contributed by atoms with E-state index in [4.69, 9.17) is 4.74 Å². The van der Waals surface area contributed by atoms with Gasteiger partial charge in [0.1, 0.15) is 18.0 Å². The molecule has 2 amide bonds. The minimum Gasteiger partial charge on any atom is -0.491 e. The van der Waals surface area contributed by atoms with E-state index in [0.717, 1.165) is 65.4 Å². The van der Waals surface area contributed by atoms with Gasteiger partial charge in [-0.2, -0.15) is 0 Å². The zero-order chi connectivity index (χ0) is 29.4. The molecule has 0 bridgehead atoms. The van der Waals surface area contributed by atoms with Crippen molar-refractivity contribution in [2.75, 3.05) is 31.1 Å². The third-order valence-electron chi connectivity index (χ3n) is 7.81. The number of nitrogens with zero attached hydrogens (tertiary/aromatic N) is 4. The number of carbonyl (C=O) groups is 2. The second-order valence-corrected chi connectivity index (χ2v) is 11.4. The second-order valence-electron chi connectivity index (χ2n) is 10.4. The molecule has 2 saturated heterocycles. The lowest BCUT2D eigenvalue weighted by Crippen LogP contribution is -2.32. The van der Waals surface area contributed by atoms with Crippen LogP contribution in [0.5, 0.6) is 5.75 Å². The van der Waals surface area contributed by atoms with Gasteiger partial charge in [-0.1, -0.05) is 36.4 Å². The summed E-state index contributed by atoms with van der Waals surface area (Å²) in [6.07, 6.45) is 3.78. The number of hydrogen-bond donors (Lipinski definition) is 0. The predicted molar refractivity (Wildman–Crippen MR) is 165 cm³/mol. The van der Waals surface area contributed by atoms with Crippen LogP contribution in [0.1, 0.15) is 29.8 Å². The Morgan fingerprint density at radius 1 is 1.00 bits per heavy atom. The summed E-state index contributed by atoms with van der Waals surface area (Å²) in [7, 11) is 0. The highest BCUT2D eigenvalue weighted by Gasteiger charge is 2.35. The first-order valence-electron chi connectivity index (χ1n) is 13.9. The summed E-state index contributed by atoms with van der Waals surface area (Å²) in [5.74, 6) is 0.346. The Morgan fingerprint density at radius 2 is 1.76 bits per heavy atom. The van der Waals surface area contributed by atoms with Crippen molar-refractivity contribution in [1.82, 2.24) is 9.47 Å². The quantitative estimate of drug-likeness (QED) is 0.127. The first-order chi connectivity index (χ1) is 20.3. The Bertz CT molecular complexity index is 1750. The lowest BCUT2D eigenvalue weighted by atomic mass is 10.1. The van der Waals surface area contributed by atoms with Crippen LogP contribution in [-0.2, 0) is 4.79 Å². The van der Waals surface area contributed by atoms with Crippen molar-refractivity contribution in [2.24, 2.45) is 0 Å². The molecular weight excluding hydrogens is 552 g/mol. The van der Waals surface area contributed by atoms with Gasteiger partial charge in [0.05, 0.1) is 22.1 Å². The predicted octanol–water partition coefficient (Wildman–Crippen LogP) is 6.87. The molecule has 2 fully saturated rings. The van der Waals surface area contributed by atoms with Gasteiger partial charge in [0.15, 0.2) is 0 Å². The molecule has 0 radical (unpaired) electrons. The van der Waals surface area contributed by atoms with E-state index < -0.39 is 0 Å². The van der Waals surface area contributed by atoms with Crippen LogP contribution in [0.4, 0.5) is 16.2 Å². The summed E-state index contributed by atoms with van der Waals surface area (Å²) in [4.78, 5) is 41.2. The third kappa shape index (κ3) is 5.14. The van der Waals surface area contributed by atoms with Crippen molar-refractivity contribution < 1.29 is 19.2 Å². The molecule has 2 aliphatic heterocycles. The van der Waals surface area contributed by atoms with Crippen molar-refractivity contribution in [3.8, 4) is 11.4 Å². The Balaban J connectivity index is 1.20. The van der Waals surface area contributed by atoms with Crippen LogP contribution in [0.2, 0.25) is 0 Å². The van der Waals surface area contributed by atoms with E-state index in [-0.39, 0.29) is 34.9 Å². The summed E-state index contributed by atoms with van der Waals surface area (Å²) < 4.78 is 7.90. The molecule has 4 aromatic rings. The molecule has 6 rings (SSSR count). The van der Waals surface area contributed by atoms with Gasteiger partial charge in [0.2, 0.25) is 0 Å². The smallest absolute Gasteiger partial charge is 0.294 e. The highest BCUT2D eigenvalue weighted by atomic mass is 32.2. The Kier molecular flexibility index (Phi) is 7.47. The average molecular weight is 583 g/mol. The molecule has 0 unspecified atom stereocenters. The number of thioether (sulfide) groups is 1. The number of aromatic nitrogens is 1. The number of aryl methyl sites for hydroxylation is 1. The van der Waals surface area contributed by atoms with Crippen LogP contribution in [0.3, 0.4) is 0 Å². The number of rotatable bonds is 8. The van der Waals surface area contributed by atoms with E-state index >= 15 is 0 Å². The monoisotopic (exact) mass is 582 g/mol. The molecule has 0 N–H and O–H groups in total. The maximum atomic E-state index is 13.2. The number of nitro groups is 1. The summed E-state index contributed by atoms with van der Waals surface area (Å²) in [6.45, 7) is 5.77. The SMILES string of the molecule is Cc1cc(/C=C2\SC(=O)N(CCOc3cccc4ccccc34)C2=O)c(C)n1-c1ccc(N2CCCC2)c([N+](=O)[O-])c1. The topological polar surface area (TPSA) is 97.9 Å². The van der Waals surface area contributed by atoms with Gasteiger partial charge in [-0.3, -0.25) is 24.6 Å². The molecule has 42 heavy (non-hydrogen) atoms. The number of nitro benzene ring substituents is 1. The van der Waals surface area contributed by atoms with Crippen LogP contribution in [0, 0.1) is 24.0 Å². The zero-order valence-electron chi connectivity index (χ0n) is 23.4. The van der Waals surface area contributed by atoms with E-state index in [1.807, 2.05) is 79.1 Å². The molecule has 0 aliphatic carbocycles. The number of amides is 2. The van der Waals surface area contributed by atoms with Gasteiger partial charge in [0.25, 0.3) is 16.8 Å². The minimum absolute atomic E-state index is 0.0790. The molecule has 10 heteroatoms. The highest BCUT2D eigenvalue weighted by Crippen LogP contribution is 2.36. The van der Waals surface area contributed by atoms with Gasteiger partial charge < -0.3 is 14.2 Å². The summed E-state index contributed by atoms with van der Waals surface area (Å²) in [6, 6.07) is 20.9. The van der Waals surface area contributed by atoms with E-state index in [9.17, 15) is 19.7 Å². The van der Waals surface area contributed by atoms with E-state index in [1.54, 1.807) is 12.1 Å². The van der Waals surface area contributed by atoms with Gasteiger partial charge in [-0.05, 0) is 79.7 Å². The van der Waals surface area contributed by atoms with Gasteiger partial charge in [-0.25, -0.2) is 0 Å². The van der Waals surface area contributed by atoms with Crippen molar-refractivity contribution in [1.29, 1.82) is 0 Å². The van der Waals surface area contributed by atoms with Gasteiger partial charge in [-0.15, -0.1) is 0 Å². The maximum absolute atomic E-state index is 13.2. The first kappa shape index (κ1) is 27.6. The Labute approximate surface area is 247 Å². The second kappa shape index (κ2) is 11.4. The van der Waals surface area contributed by atoms with Crippen LogP contribution >= 0.6 is 11.8 Å². The molecule has 214 valence electrons. The molecular formula is C32H30N4O5S. The van der Waals surface area contributed by atoms with E-state index in [0.29, 0.717) is 22.0 Å². The molecule has 0 spiro atoms.